The Hall–Kier alpha value is -1.65. The first-order valence-corrected chi connectivity index (χ1v) is 6.07. The molecule has 5 nitrogen and oxygen atoms in total. The van der Waals surface area contributed by atoms with Crippen LogP contribution in [-0.4, -0.2) is 22.1 Å². The fourth-order valence-electron chi connectivity index (χ4n) is 2.35. The van der Waals surface area contributed by atoms with Crippen LogP contribution in [0.5, 0.6) is 0 Å². The quantitative estimate of drug-likeness (QED) is 0.828. The molecule has 5 heteroatoms. The zero-order valence-electron chi connectivity index (χ0n) is 10.0. The maximum atomic E-state index is 10.8. The molecule has 1 amide bonds. The zero-order chi connectivity index (χ0) is 12.3. The number of aromatic nitrogens is 2. The number of amides is 1. The molecule has 0 saturated heterocycles. The highest BCUT2D eigenvalue weighted by Crippen LogP contribution is 2.28. The standard InChI is InChI=1S/C12H18N4O/c1-8(9-4-2-3-5-9)14-11-7-6-10(12(13)17)15-16-11/h6-9H,2-5H2,1H3,(H2,13,17)(H,14,16). The van der Waals surface area contributed by atoms with E-state index in [0.717, 1.165) is 0 Å². The predicted molar refractivity (Wildman–Crippen MR) is 65.6 cm³/mol. The van der Waals surface area contributed by atoms with Crippen molar-refractivity contribution in [2.24, 2.45) is 11.7 Å². The third-order valence-electron chi connectivity index (χ3n) is 3.40. The predicted octanol–water partition coefficient (Wildman–Crippen LogP) is 1.57. The van der Waals surface area contributed by atoms with Gasteiger partial charge in [0.2, 0.25) is 0 Å². The number of nitrogens with zero attached hydrogens (tertiary/aromatic N) is 2. The lowest BCUT2D eigenvalue weighted by Gasteiger charge is -2.20. The monoisotopic (exact) mass is 234 g/mol. The van der Waals surface area contributed by atoms with E-state index in [4.69, 9.17) is 5.73 Å². The highest BCUT2D eigenvalue weighted by atomic mass is 16.1. The molecule has 1 heterocycles. The van der Waals surface area contributed by atoms with Crippen LogP contribution in [-0.2, 0) is 0 Å². The van der Waals surface area contributed by atoms with Crippen LogP contribution in [0.25, 0.3) is 0 Å². The fourth-order valence-corrected chi connectivity index (χ4v) is 2.35. The third kappa shape index (κ3) is 2.93. The Kier molecular flexibility index (Phi) is 3.56. The van der Waals surface area contributed by atoms with Crippen LogP contribution < -0.4 is 11.1 Å². The van der Waals surface area contributed by atoms with Crippen LogP contribution >= 0.6 is 0 Å². The molecule has 1 saturated carbocycles. The highest BCUT2D eigenvalue weighted by molar-refractivity contribution is 5.90. The van der Waals surface area contributed by atoms with E-state index in [1.165, 1.54) is 25.7 Å². The lowest BCUT2D eigenvalue weighted by molar-refractivity contribution is 0.0994. The average molecular weight is 234 g/mol. The molecule has 92 valence electrons. The van der Waals surface area contributed by atoms with Crippen molar-refractivity contribution in [3.8, 4) is 0 Å². The van der Waals surface area contributed by atoms with E-state index in [2.05, 4.69) is 22.4 Å². The summed E-state index contributed by atoms with van der Waals surface area (Å²) in [6, 6.07) is 3.74. The summed E-state index contributed by atoms with van der Waals surface area (Å²) in [5.74, 6) is 0.870. The highest BCUT2D eigenvalue weighted by Gasteiger charge is 2.21. The Balaban J connectivity index is 1.96. The van der Waals surface area contributed by atoms with E-state index in [-0.39, 0.29) is 5.69 Å². The molecule has 1 aromatic rings. The molecule has 1 atom stereocenters. The van der Waals surface area contributed by atoms with Gasteiger partial charge in [0.1, 0.15) is 5.82 Å². The van der Waals surface area contributed by atoms with Crippen molar-refractivity contribution >= 4 is 11.7 Å². The first-order valence-electron chi connectivity index (χ1n) is 6.07. The van der Waals surface area contributed by atoms with Gasteiger partial charge in [0.05, 0.1) is 0 Å². The second-order valence-corrected chi connectivity index (χ2v) is 4.65. The van der Waals surface area contributed by atoms with Crippen LogP contribution in [0.1, 0.15) is 43.1 Å². The number of rotatable bonds is 4. The second kappa shape index (κ2) is 5.12. The number of nitrogens with one attached hydrogen (secondary N) is 1. The lowest BCUT2D eigenvalue weighted by atomic mass is 10.00. The molecule has 17 heavy (non-hydrogen) atoms. The van der Waals surface area contributed by atoms with Crippen molar-refractivity contribution in [3.63, 3.8) is 0 Å². The Morgan fingerprint density at radius 3 is 2.65 bits per heavy atom. The molecule has 0 bridgehead atoms. The molecule has 1 aromatic heterocycles. The summed E-state index contributed by atoms with van der Waals surface area (Å²) < 4.78 is 0. The Morgan fingerprint density at radius 2 is 2.12 bits per heavy atom. The summed E-state index contributed by atoms with van der Waals surface area (Å²) >= 11 is 0. The summed E-state index contributed by atoms with van der Waals surface area (Å²) in [5.41, 5.74) is 5.30. The van der Waals surface area contributed by atoms with Gasteiger partial charge in [-0.15, -0.1) is 10.2 Å². The lowest BCUT2D eigenvalue weighted by Crippen LogP contribution is -2.24. The Labute approximate surface area is 101 Å². The van der Waals surface area contributed by atoms with Crippen LogP contribution in [0.3, 0.4) is 0 Å². The van der Waals surface area contributed by atoms with Crippen molar-refractivity contribution in [2.45, 2.75) is 38.6 Å². The molecule has 0 radical (unpaired) electrons. The van der Waals surface area contributed by atoms with Gasteiger partial charge >= 0.3 is 0 Å². The van der Waals surface area contributed by atoms with Gasteiger partial charge < -0.3 is 11.1 Å². The van der Waals surface area contributed by atoms with Crippen molar-refractivity contribution < 1.29 is 4.79 Å². The normalized spacial score (nSPS) is 17.9. The van der Waals surface area contributed by atoms with Crippen LogP contribution in [0.15, 0.2) is 12.1 Å². The number of nitrogens with two attached hydrogens (primary N) is 1. The van der Waals surface area contributed by atoms with Crippen molar-refractivity contribution in [2.75, 3.05) is 5.32 Å². The van der Waals surface area contributed by atoms with E-state index in [0.29, 0.717) is 17.8 Å². The molecule has 3 N–H and O–H groups in total. The molecular weight excluding hydrogens is 216 g/mol. The molecule has 1 aliphatic rings. The summed E-state index contributed by atoms with van der Waals surface area (Å²) in [7, 11) is 0. The van der Waals surface area contributed by atoms with Gasteiger partial charge in [-0.05, 0) is 37.8 Å². The van der Waals surface area contributed by atoms with Gasteiger partial charge in [0.25, 0.3) is 5.91 Å². The fraction of sp³-hybridized carbons (Fsp3) is 0.583. The molecular formula is C12H18N4O. The maximum absolute atomic E-state index is 10.8. The van der Waals surface area contributed by atoms with Gasteiger partial charge in [0.15, 0.2) is 5.69 Å². The number of hydrogen-bond acceptors (Lipinski definition) is 4. The molecule has 0 spiro atoms. The molecule has 1 aliphatic carbocycles. The number of anilines is 1. The van der Waals surface area contributed by atoms with Crippen LogP contribution in [0.2, 0.25) is 0 Å². The summed E-state index contributed by atoms with van der Waals surface area (Å²) in [6.45, 7) is 2.17. The minimum absolute atomic E-state index is 0.198. The molecule has 0 aliphatic heterocycles. The van der Waals surface area contributed by atoms with Crippen LogP contribution in [0.4, 0.5) is 5.82 Å². The molecule has 0 aromatic carbocycles. The Bertz CT molecular complexity index is 384. The number of carbonyl (C=O) groups is 1. The molecule has 1 unspecified atom stereocenters. The SMILES string of the molecule is CC(Nc1ccc(C(N)=O)nn1)C1CCCC1. The Morgan fingerprint density at radius 1 is 1.41 bits per heavy atom. The number of carbonyl (C=O) groups excluding carboxylic acids is 1. The van der Waals surface area contributed by atoms with E-state index in [1.807, 2.05) is 0 Å². The largest absolute Gasteiger partial charge is 0.366 e. The van der Waals surface area contributed by atoms with Crippen molar-refractivity contribution in [3.05, 3.63) is 17.8 Å². The minimum Gasteiger partial charge on any atom is -0.366 e. The minimum atomic E-state index is -0.548. The van der Waals surface area contributed by atoms with Crippen molar-refractivity contribution in [1.82, 2.24) is 10.2 Å². The van der Waals surface area contributed by atoms with E-state index >= 15 is 0 Å². The van der Waals surface area contributed by atoms with Gasteiger partial charge in [-0.25, -0.2) is 0 Å². The van der Waals surface area contributed by atoms with Gasteiger partial charge in [-0.1, -0.05) is 12.8 Å². The first kappa shape index (κ1) is 11.8. The average Bonchev–Trinajstić information content (AvgIpc) is 2.83. The topological polar surface area (TPSA) is 80.9 Å². The van der Waals surface area contributed by atoms with Crippen molar-refractivity contribution in [1.29, 1.82) is 0 Å². The summed E-state index contributed by atoms with van der Waals surface area (Å²) in [4.78, 5) is 10.8. The maximum Gasteiger partial charge on any atom is 0.269 e. The third-order valence-corrected chi connectivity index (χ3v) is 3.40. The molecule has 1 fully saturated rings. The van der Waals surface area contributed by atoms with Gasteiger partial charge in [0, 0.05) is 6.04 Å². The van der Waals surface area contributed by atoms with E-state index in [9.17, 15) is 4.79 Å². The molecule has 2 rings (SSSR count). The van der Waals surface area contributed by atoms with Crippen LogP contribution in [0, 0.1) is 5.92 Å². The first-order chi connectivity index (χ1) is 8.16. The number of hydrogen-bond donors (Lipinski definition) is 2. The summed E-state index contributed by atoms with van der Waals surface area (Å²) in [5, 5.41) is 11.0. The second-order valence-electron chi connectivity index (χ2n) is 4.65. The number of primary amides is 1. The van der Waals surface area contributed by atoms with E-state index < -0.39 is 5.91 Å². The smallest absolute Gasteiger partial charge is 0.269 e. The van der Waals surface area contributed by atoms with E-state index in [1.54, 1.807) is 12.1 Å². The van der Waals surface area contributed by atoms with Gasteiger partial charge in [-0.3, -0.25) is 4.79 Å². The summed E-state index contributed by atoms with van der Waals surface area (Å²) in [6.07, 6.45) is 5.20. The zero-order valence-corrected chi connectivity index (χ0v) is 10.0. The van der Waals surface area contributed by atoms with Gasteiger partial charge in [-0.2, -0.15) is 0 Å².